The van der Waals surface area contributed by atoms with Crippen LogP contribution in [0.15, 0.2) is 45.2 Å². The van der Waals surface area contributed by atoms with Crippen LogP contribution in [0.1, 0.15) is 0 Å². The summed E-state index contributed by atoms with van der Waals surface area (Å²) in [6, 6.07) is 6.44. The number of imidazole rings is 1. The van der Waals surface area contributed by atoms with E-state index in [1.165, 1.54) is 23.9 Å². The molecule has 3 aromatic rings. The summed E-state index contributed by atoms with van der Waals surface area (Å²) < 4.78 is 18.4. The van der Waals surface area contributed by atoms with Gasteiger partial charge in [-0.15, -0.1) is 0 Å². The van der Waals surface area contributed by atoms with Crippen molar-refractivity contribution in [1.29, 1.82) is 0 Å². The molecule has 17 heavy (non-hydrogen) atoms. The summed E-state index contributed by atoms with van der Waals surface area (Å²) in [5.74, 6) is -0.461. The maximum Gasteiger partial charge on any atom is 0.174 e. The van der Waals surface area contributed by atoms with Crippen molar-refractivity contribution in [2.45, 2.75) is 10.2 Å². The Kier molecular flexibility index (Phi) is 2.57. The lowest BCUT2D eigenvalue weighted by molar-refractivity contribution is 0.474. The molecule has 0 aliphatic heterocycles. The van der Waals surface area contributed by atoms with Crippen LogP contribution in [0.25, 0.3) is 11.0 Å². The lowest BCUT2D eigenvalue weighted by atomic mass is 10.3. The predicted molar refractivity (Wildman–Crippen MR) is 63.9 cm³/mol. The Hall–Kier alpha value is -1.46. The van der Waals surface area contributed by atoms with Gasteiger partial charge < -0.3 is 9.40 Å². The Balaban J connectivity index is 2.02. The summed E-state index contributed by atoms with van der Waals surface area (Å²) in [6.45, 7) is 0. The minimum absolute atomic E-state index is 0.0681. The molecule has 3 rings (SSSR count). The van der Waals surface area contributed by atoms with E-state index in [-0.39, 0.29) is 5.02 Å². The molecule has 0 unspecified atom stereocenters. The van der Waals surface area contributed by atoms with Crippen LogP contribution in [-0.4, -0.2) is 9.97 Å². The van der Waals surface area contributed by atoms with Gasteiger partial charge in [-0.1, -0.05) is 11.6 Å². The molecule has 0 atom stereocenters. The van der Waals surface area contributed by atoms with E-state index >= 15 is 0 Å². The third kappa shape index (κ3) is 2.03. The topological polar surface area (TPSA) is 41.8 Å². The number of aromatic nitrogens is 2. The zero-order valence-electron chi connectivity index (χ0n) is 8.41. The standard InChI is InChI=1S/C11H6ClFN2OS/c12-6-4-8-9(5-7(6)13)15-11(14-8)17-10-2-1-3-16-10/h1-5H,(H,14,15). The second kappa shape index (κ2) is 4.09. The van der Waals surface area contributed by atoms with E-state index < -0.39 is 5.82 Å². The number of nitrogens with zero attached hydrogens (tertiary/aromatic N) is 1. The number of nitrogens with one attached hydrogen (secondary N) is 1. The van der Waals surface area contributed by atoms with E-state index in [1.54, 1.807) is 12.3 Å². The number of furan rings is 1. The van der Waals surface area contributed by atoms with E-state index in [4.69, 9.17) is 16.0 Å². The molecule has 0 aliphatic carbocycles. The maximum absolute atomic E-state index is 13.2. The Bertz CT molecular complexity index is 626. The van der Waals surface area contributed by atoms with Gasteiger partial charge in [0.05, 0.1) is 22.3 Å². The second-order valence-corrected chi connectivity index (χ2v) is 4.76. The zero-order valence-corrected chi connectivity index (χ0v) is 9.98. The molecule has 0 aliphatic rings. The average molecular weight is 269 g/mol. The molecule has 0 radical (unpaired) electrons. The highest BCUT2D eigenvalue weighted by atomic mass is 35.5. The first-order valence-corrected chi connectivity index (χ1v) is 5.98. The number of halogens is 2. The Morgan fingerprint density at radius 1 is 1.41 bits per heavy atom. The molecule has 6 heteroatoms. The lowest BCUT2D eigenvalue weighted by Crippen LogP contribution is -1.76. The summed E-state index contributed by atoms with van der Waals surface area (Å²) in [5, 5.41) is 1.42. The molecule has 0 spiro atoms. The second-order valence-electron chi connectivity index (χ2n) is 3.36. The fourth-order valence-electron chi connectivity index (χ4n) is 1.45. The minimum Gasteiger partial charge on any atom is -0.458 e. The number of aromatic amines is 1. The first-order chi connectivity index (χ1) is 8.22. The van der Waals surface area contributed by atoms with Crippen LogP contribution >= 0.6 is 23.4 Å². The van der Waals surface area contributed by atoms with E-state index in [0.29, 0.717) is 16.2 Å². The molecule has 0 saturated carbocycles. The highest BCUT2D eigenvalue weighted by Crippen LogP contribution is 2.29. The first-order valence-electron chi connectivity index (χ1n) is 4.78. The number of fused-ring (bicyclic) bond motifs is 1. The normalized spacial score (nSPS) is 11.2. The van der Waals surface area contributed by atoms with Gasteiger partial charge in [-0.25, -0.2) is 9.37 Å². The van der Waals surface area contributed by atoms with Crippen molar-refractivity contribution in [1.82, 2.24) is 9.97 Å². The van der Waals surface area contributed by atoms with Gasteiger partial charge in [0.15, 0.2) is 10.2 Å². The van der Waals surface area contributed by atoms with Crippen molar-refractivity contribution >= 4 is 34.4 Å². The summed E-state index contributed by atoms with van der Waals surface area (Å²) >= 11 is 7.02. The van der Waals surface area contributed by atoms with Crippen molar-refractivity contribution < 1.29 is 8.81 Å². The van der Waals surface area contributed by atoms with E-state index in [9.17, 15) is 4.39 Å². The van der Waals surface area contributed by atoms with Crippen molar-refractivity contribution in [3.05, 3.63) is 41.4 Å². The largest absolute Gasteiger partial charge is 0.458 e. The van der Waals surface area contributed by atoms with E-state index in [1.807, 2.05) is 6.07 Å². The fourth-order valence-corrected chi connectivity index (χ4v) is 2.35. The van der Waals surface area contributed by atoms with Gasteiger partial charge in [-0.3, -0.25) is 0 Å². The molecule has 1 aromatic carbocycles. The van der Waals surface area contributed by atoms with Gasteiger partial charge in [0, 0.05) is 6.07 Å². The molecule has 0 fully saturated rings. The summed E-state index contributed by atoms with van der Waals surface area (Å²) in [4.78, 5) is 7.28. The molecule has 3 nitrogen and oxygen atoms in total. The van der Waals surface area contributed by atoms with Gasteiger partial charge in [0.25, 0.3) is 0 Å². The molecule has 0 saturated heterocycles. The maximum atomic E-state index is 13.2. The van der Waals surface area contributed by atoms with Gasteiger partial charge in [0.1, 0.15) is 5.82 Å². The van der Waals surface area contributed by atoms with Crippen molar-refractivity contribution in [3.8, 4) is 0 Å². The van der Waals surface area contributed by atoms with Crippen LogP contribution in [0, 0.1) is 5.82 Å². The van der Waals surface area contributed by atoms with Gasteiger partial charge in [-0.2, -0.15) is 0 Å². The fraction of sp³-hybridized carbons (Fsp3) is 0. The number of benzene rings is 1. The Labute approximate surface area is 105 Å². The minimum atomic E-state index is -0.461. The van der Waals surface area contributed by atoms with Crippen molar-refractivity contribution in [2.75, 3.05) is 0 Å². The van der Waals surface area contributed by atoms with Crippen molar-refractivity contribution in [3.63, 3.8) is 0 Å². The smallest absolute Gasteiger partial charge is 0.174 e. The van der Waals surface area contributed by atoms with Gasteiger partial charge in [-0.05, 0) is 30.0 Å². The quantitative estimate of drug-likeness (QED) is 0.761. The van der Waals surface area contributed by atoms with Gasteiger partial charge in [0.2, 0.25) is 0 Å². The van der Waals surface area contributed by atoms with Crippen molar-refractivity contribution in [2.24, 2.45) is 0 Å². The van der Waals surface area contributed by atoms with Crippen LogP contribution in [0.5, 0.6) is 0 Å². The molecule has 1 N–H and O–H groups in total. The number of hydrogen-bond donors (Lipinski definition) is 1. The highest BCUT2D eigenvalue weighted by Gasteiger charge is 2.09. The Morgan fingerprint density at radius 2 is 2.29 bits per heavy atom. The van der Waals surface area contributed by atoms with Crippen LogP contribution in [-0.2, 0) is 0 Å². The molecule has 86 valence electrons. The van der Waals surface area contributed by atoms with Crippen LogP contribution in [0.2, 0.25) is 5.02 Å². The molecule has 0 bridgehead atoms. The predicted octanol–water partition coefficient (Wildman–Crippen LogP) is 4.10. The molecule has 2 aromatic heterocycles. The highest BCUT2D eigenvalue weighted by molar-refractivity contribution is 7.99. The summed E-state index contributed by atoms with van der Waals surface area (Å²) in [6.07, 6.45) is 1.58. The van der Waals surface area contributed by atoms with Crippen LogP contribution in [0.3, 0.4) is 0 Å². The molecular formula is C11H6ClFN2OS. The zero-order chi connectivity index (χ0) is 11.8. The number of H-pyrrole nitrogens is 1. The third-order valence-electron chi connectivity index (χ3n) is 2.19. The molecule has 2 heterocycles. The van der Waals surface area contributed by atoms with Crippen LogP contribution < -0.4 is 0 Å². The number of rotatable bonds is 2. The van der Waals surface area contributed by atoms with Crippen LogP contribution in [0.4, 0.5) is 4.39 Å². The van der Waals surface area contributed by atoms with E-state index in [0.717, 1.165) is 5.09 Å². The number of hydrogen-bond acceptors (Lipinski definition) is 3. The van der Waals surface area contributed by atoms with E-state index in [2.05, 4.69) is 9.97 Å². The molecular weight excluding hydrogens is 263 g/mol. The first kappa shape index (κ1) is 10.7. The summed E-state index contributed by atoms with van der Waals surface area (Å²) in [5.41, 5.74) is 1.24. The third-order valence-corrected chi connectivity index (χ3v) is 3.30. The Morgan fingerprint density at radius 3 is 3.06 bits per heavy atom. The lowest BCUT2D eigenvalue weighted by Gasteiger charge is -1.91. The van der Waals surface area contributed by atoms with Gasteiger partial charge >= 0.3 is 0 Å². The summed E-state index contributed by atoms with van der Waals surface area (Å²) in [7, 11) is 0. The monoisotopic (exact) mass is 268 g/mol. The molecule has 0 amide bonds. The average Bonchev–Trinajstić information content (AvgIpc) is 2.89. The SMILES string of the molecule is Fc1cc2[nH]c(Sc3ccco3)nc2cc1Cl.